The number of benzene rings is 2. The summed E-state index contributed by atoms with van der Waals surface area (Å²) in [6, 6.07) is 12.5. The number of fused-ring (bicyclic) bond motifs is 1. The fourth-order valence-electron chi connectivity index (χ4n) is 2.75. The number of ether oxygens (including phenoxy) is 2. The van der Waals surface area contributed by atoms with Crippen molar-refractivity contribution >= 4 is 40.3 Å². The molecule has 2 aromatic carbocycles. The topological polar surface area (TPSA) is 59.0 Å². The molecule has 0 unspecified atom stereocenters. The van der Waals surface area contributed by atoms with E-state index in [1.54, 1.807) is 17.0 Å². The van der Waals surface area contributed by atoms with Crippen LogP contribution in [0, 0.1) is 0 Å². The van der Waals surface area contributed by atoms with E-state index in [0.717, 1.165) is 11.1 Å². The molecule has 1 fully saturated rings. The van der Waals surface area contributed by atoms with Crippen LogP contribution in [0.15, 0.2) is 47.4 Å². The zero-order chi connectivity index (χ0) is 18.1. The van der Waals surface area contributed by atoms with Crippen molar-refractivity contribution in [3.05, 3.63) is 58.5 Å². The molecule has 1 N–H and O–H groups in total. The molecule has 132 valence electrons. The molecule has 7 heteroatoms. The summed E-state index contributed by atoms with van der Waals surface area (Å²) in [5.74, 6) is 1.53. The van der Waals surface area contributed by atoms with Crippen molar-refractivity contribution in [2.45, 2.75) is 6.42 Å². The highest BCUT2D eigenvalue weighted by molar-refractivity contribution is 8.26. The van der Waals surface area contributed by atoms with Crippen LogP contribution < -0.4 is 9.47 Å². The Morgan fingerprint density at radius 3 is 2.73 bits per heavy atom. The zero-order valence-corrected chi connectivity index (χ0v) is 15.3. The third-order valence-electron chi connectivity index (χ3n) is 4.13. The Labute approximate surface area is 160 Å². The lowest BCUT2D eigenvalue weighted by Gasteiger charge is -2.14. The van der Waals surface area contributed by atoms with Gasteiger partial charge in [0.05, 0.1) is 4.91 Å². The Morgan fingerprint density at radius 2 is 1.92 bits per heavy atom. The maximum Gasteiger partial charge on any atom is 0.266 e. The summed E-state index contributed by atoms with van der Waals surface area (Å²) in [5, 5.41) is 9.34. The van der Waals surface area contributed by atoms with E-state index in [4.69, 9.17) is 21.7 Å². The van der Waals surface area contributed by atoms with E-state index in [0.29, 0.717) is 33.7 Å². The number of phenols is 1. The second kappa shape index (κ2) is 7.01. The largest absolute Gasteiger partial charge is 0.508 e. The van der Waals surface area contributed by atoms with Crippen LogP contribution in [0.3, 0.4) is 0 Å². The van der Waals surface area contributed by atoms with Gasteiger partial charge >= 0.3 is 0 Å². The number of rotatable bonds is 4. The number of hydrogen-bond acceptors (Lipinski definition) is 6. The molecule has 26 heavy (non-hydrogen) atoms. The van der Waals surface area contributed by atoms with Crippen LogP contribution in [0.2, 0.25) is 0 Å². The number of aromatic hydroxyl groups is 1. The summed E-state index contributed by atoms with van der Waals surface area (Å²) in [6.07, 6.45) is 2.49. The Balaban J connectivity index is 1.47. The van der Waals surface area contributed by atoms with Gasteiger partial charge in [0.15, 0.2) is 11.5 Å². The molecule has 0 atom stereocenters. The molecule has 5 nitrogen and oxygen atoms in total. The van der Waals surface area contributed by atoms with Gasteiger partial charge in [-0.05, 0) is 47.9 Å². The van der Waals surface area contributed by atoms with Gasteiger partial charge in [0.25, 0.3) is 5.91 Å². The molecule has 0 aromatic heterocycles. The second-order valence-corrected chi connectivity index (χ2v) is 7.54. The fourth-order valence-corrected chi connectivity index (χ4v) is 4.06. The van der Waals surface area contributed by atoms with Crippen molar-refractivity contribution in [1.82, 2.24) is 4.90 Å². The molecule has 0 bridgehead atoms. The van der Waals surface area contributed by atoms with Gasteiger partial charge in [0.1, 0.15) is 10.1 Å². The minimum Gasteiger partial charge on any atom is -0.508 e. The summed E-state index contributed by atoms with van der Waals surface area (Å²) < 4.78 is 11.2. The first-order valence-corrected chi connectivity index (χ1v) is 9.25. The Kier molecular flexibility index (Phi) is 4.57. The molecular weight excluding hydrogens is 370 g/mol. The molecule has 0 spiro atoms. The highest BCUT2D eigenvalue weighted by Crippen LogP contribution is 2.36. The Bertz CT molecular complexity index is 908. The molecule has 2 aromatic rings. The quantitative estimate of drug-likeness (QED) is 0.641. The van der Waals surface area contributed by atoms with Crippen molar-refractivity contribution in [2.24, 2.45) is 0 Å². The van der Waals surface area contributed by atoms with E-state index >= 15 is 0 Å². The van der Waals surface area contributed by atoms with Crippen molar-refractivity contribution in [3.63, 3.8) is 0 Å². The van der Waals surface area contributed by atoms with Gasteiger partial charge in [-0.3, -0.25) is 9.69 Å². The molecule has 4 rings (SSSR count). The minimum absolute atomic E-state index is 0.0866. The SMILES string of the molecule is O=C1/C(=C/c2ccc3c(c2)OCO3)SC(=S)N1CCc1ccc(O)cc1. The smallest absolute Gasteiger partial charge is 0.266 e. The first-order valence-electron chi connectivity index (χ1n) is 8.03. The number of carbonyl (C=O) groups excluding carboxylic acids is 1. The number of hydrogen-bond donors (Lipinski definition) is 1. The monoisotopic (exact) mass is 385 g/mol. The standard InChI is InChI=1S/C19H15NO4S2/c21-14-4-1-12(2-5-14)7-8-20-18(22)17(26-19(20)25)10-13-3-6-15-16(9-13)24-11-23-15/h1-6,9-10,21H,7-8,11H2/b17-10-. The van der Waals surface area contributed by atoms with Crippen LogP contribution in [0.25, 0.3) is 6.08 Å². The van der Waals surface area contributed by atoms with Crippen molar-refractivity contribution in [2.75, 3.05) is 13.3 Å². The minimum atomic E-state index is -0.0866. The average molecular weight is 385 g/mol. The van der Waals surface area contributed by atoms with Crippen LogP contribution in [0.5, 0.6) is 17.2 Å². The van der Waals surface area contributed by atoms with Crippen molar-refractivity contribution in [1.29, 1.82) is 0 Å². The van der Waals surface area contributed by atoms with Gasteiger partial charge in [-0.25, -0.2) is 0 Å². The summed E-state index contributed by atoms with van der Waals surface area (Å²) >= 11 is 6.67. The van der Waals surface area contributed by atoms with Gasteiger partial charge in [-0.2, -0.15) is 0 Å². The summed E-state index contributed by atoms with van der Waals surface area (Å²) in [5.41, 5.74) is 1.91. The third kappa shape index (κ3) is 3.40. The van der Waals surface area contributed by atoms with Gasteiger partial charge in [-0.1, -0.05) is 42.2 Å². The number of amides is 1. The highest BCUT2D eigenvalue weighted by Gasteiger charge is 2.31. The van der Waals surface area contributed by atoms with E-state index in [9.17, 15) is 9.90 Å². The summed E-state index contributed by atoms with van der Waals surface area (Å²) in [4.78, 5) is 14.9. The lowest BCUT2D eigenvalue weighted by atomic mass is 10.1. The van der Waals surface area contributed by atoms with E-state index in [1.165, 1.54) is 11.8 Å². The number of nitrogens with zero attached hydrogens (tertiary/aromatic N) is 1. The zero-order valence-electron chi connectivity index (χ0n) is 13.7. The lowest BCUT2D eigenvalue weighted by Crippen LogP contribution is -2.30. The number of phenolic OH excluding ortho intramolecular Hbond substituents is 1. The molecule has 2 aliphatic heterocycles. The number of carbonyl (C=O) groups is 1. The van der Waals surface area contributed by atoms with Crippen LogP contribution >= 0.6 is 24.0 Å². The van der Waals surface area contributed by atoms with Crippen molar-refractivity contribution < 1.29 is 19.4 Å². The predicted molar refractivity (Wildman–Crippen MR) is 104 cm³/mol. The van der Waals surface area contributed by atoms with Crippen LogP contribution in [-0.2, 0) is 11.2 Å². The van der Waals surface area contributed by atoms with Crippen LogP contribution in [0.1, 0.15) is 11.1 Å². The number of thioether (sulfide) groups is 1. The molecule has 1 saturated heterocycles. The summed E-state index contributed by atoms with van der Waals surface area (Å²) in [6.45, 7) is 0.728. The first-order chi connectivity index (χ1) is 12.6. The second-order valence-electron chi connectivity index (χ2n) is 5.86. The lowest BCUT2D eigenvalue weighted by molar-refractivity contribution is -0.122. The Hall–Kier alpha value is -2.51. The number of thiocarbonyl (C=S) groups is 1. The summed E-state index contributed by atoms with van der Waals surface area (Å²) in [7, 11) is 0. The molecule has 2 heterocycles. The molecule has 1 amide bonds. The van der Waals surface area contributed by atoms with Gasteiger partial charge in [-0.15, -0.1) is 0 Å². The van der Waals surface area contributed by atoms with Crippen LogP contribution in [-0.4, -0.2) is 33.6 Å². The fraction of sp³-hybridized carbons (Fsp3) is 0.158. The maximum absolute atomic E-state index is 12.7. The van der Waals surface area contributed by atoms with E-state index < -0.39 is 0 Å². The van der Waals surface area contributed by atoms with Gasteiger partial charge in [0, 0.05) is 6.54 Å². The van der Waals surface area contributed by atoms with E-state index in [1.807, 2.05) is 36.4 Å². The maximum atomic E-state index is 12.7. The average Bonchev–Trinajstić information content (AvgIpc) is 3.20. The molecular formula is C19H15NO4S2. The first kappa shape index (κ1) is 16.9. The van der Waals surface area contributed by atoms with Gasteiger partial charge in [0.2, 0.25) is 6.79 Å². The van der Waals surface area contributed by atoms with Crippen LogP contribution in [0.4, 0.5) is 0 Å². The molecule has 0 saturated carbocycles. The molecule has 0 aliphatic carbocycles. The van der Waals surface area contributed by atoms with Gasteiger partial charge < -0.3 is 14.6 Å². The molecule has 2 aliphatic rings. The predicted octanol–water partition coefficient (Wildman–Crippen LogP) is 3.56. The van der Waals surface area contributed by atoms with E-state index in [-0.39, 0.29) is 18.4 Å². The normalized spacial score (nSPS) is 17.4. The van der Waals surface area contributed by atoms with E-state index in [2.05, 4.69) is 0 Å². The molecule has 0 radical (unpaired) electrons. The third-order valence-corrected chi connectivity index (χ3v) is 5.51. The van der Waals surface area contributed by atoms with Crippen molar-refractivity contribution in [3.8, 4) is 17.2 Å². The highest BCUT2D eigenvalue weighted by atomic mass is 32.2. The Morgan fingerprint density at radius 1 is 1.15 bits per heavy atom.